The highest BCUT2D eigenvalue weighted by molar-refractivity contribution is 14.1. The summed E-state index contributed by atoms with van der Waals surface area (Å²) in [5.41, 5.74) is 2.36. The SMILES string of the molecule is CCn1cncc1CNc1cccc(I)c1. The van der Waals surface area contributed by atoms with Gasteiger partial charge in [-0.05, 0) is 47.7 Å². The second kappa shape index (κ2) is 5.34. The van der Waals surface area contributed by atoms with Crippen molar-refractivity contribution in [3.8, 4) is 0 Å². The molecular weight excluding hydrogens is 313 g/mol. The van der Waals surface area contributed by atoms with Crippen molar-refractivity contribution in [2.45, 2.75) is 20.0 Å². The minimum absolute atomic E-state index is 0.813. The summed E-state index contributed by atoms with van der Waals surface area (Å²) >= 11 is 2.32. The molecule has 0 saturated carbocycles. The molecule has 0 unspecified atom stereocenters. The number of halogens is 1. The van der Waals surface area contributed by atoms with Crippen LogP contribution in [0.5, 0.6) is 0 Å². The average Bonchev–Trinajstić information content (AvgIpc) is 2.74. The summed E-state index contributed by atoms with van der Waals surface area (Å²) in [6, 6.07) is 8.35. The Bertz CT molecular complexity index is 465. The Kier molecular flexibility index (Phi) is 3.82. The Balaban J connectivity index is 2.02. The molecule has 1 heterocycles. The van der Waals surface area contributed by atoms with Crippen LogP contribution >= 0.6 is 22.6 Å². The first kappa shape index (κ1) is 11.4. The topological polar surface area (TPSA) is 29.9 Å². The molecule has 2 aromatic rings. The van der Waals surface area contributed by atoms with Gasteiger partial charge in [0, 0.05) is 22.0 Å². The van der Waals surface area contributed by atoms with Gasteiger partial charge in [-0.25, -0.2) is 4.98 Å². The van der Waals surface area contributed by atoms with Gasteiger partial charge in [-0.15, -0.1) is 0 Å². The molecule has 1 N–H and O–H groups in total. The van der Waals surface area contributed by atoms with Crippen molar-refractivity contribution in [2.75, 3.05) is 5.32 Å². The van der Waals surface area contributed by atoms with Crippen LogP contribution in [0.3, 0.4) is 0 Å². The number of benzene rings is 1. The maximum atomic E-state index is 4.14. The normalized spacial score (nSPS) is 10.4. The van der Waals surface area contributed by atoms with E-state index < -0.39 is 0 Å². The fourth-order valence-electron chi connectivity index (χ4n) is 1.57. The summed E-state index contributed by atoms with van der Waals surface area (Å²) in [6.45, 7) is 3.90. The van der Waals surface area contributed by atoms with E-state index in [4.69, 9.17) is 0 Å². The van der Waals surface area contributed by atoms with E-state index in [2.05, 4.69) is 68.6 Å². The zero-order valence-electron chi connectivity index (χ0n) is 9.15. The smallest absolute Gasteiger partial charge is 0.0948 e. The van der Waals surface area contributed by atoms with Crippen molar-refractivity contribution in [3.63, 3.8) is 0 Å². The molecule has 16 heavy (non-hydrogen) atoms. The first-order valence-electron chi connectivity index (χ1n) is 5.28. The Hall–Kier alpha value is -1.04. The number of rotatable bonds is 4. The van der Waals surface area contributed by atoms with Crippen LogP contribution in [0.4, 0.5) is 5.69 Å². The fraction of sp³-hybridized carbons (Fsp3) is 0.250. The second-order valence-electron chi connectivity index (χ2n) is 3.53. The number of aryl methyl sites for hydroxylation is 1. The van der Waals surface area contributed by atoms with E-state index in [9.17, 15) is 0 Å². The summed E-state index contributed by atoms with van der Waals surface area (Å²) in [5, 5.41) is 3.40. The molecule has 0 radical (unpaired) electrons. The van der Waals surface area contributed by atoms with Crippen LogP contribution in [-0.2, 0) is 13.1 Å². The van der Waals surface area contributed by atoms with Gasteiger partial charge >= 0.3 is 0 Å². The van der Waals surface area contributed by atoms with Gasteiger partial charge in [-0.3, -0.25) is 0 Å². The molecule has 3 nitrogen and oxygen atoms in total. The van der Waals surface area contributed by atoms with E-state index in [1.165, 1.54) is 9.26 Å². The van der Waals surface area contributed by atoms with Gasteiger partial charge in [0.1, 0.15) is 0 Å². The van der Waals surface area contributed by atoms with Crippen LogP contribution in [0.1, 0.15) is 12.6 Å². The highest BCUT2D eigenvalue weighted by Gasteiger charge is 2.00. The maximum Gasteiger partial charge on any atom is 0.0948 e. The number of nitrogens with one attached hydrogen (secondary N) is 1. The quantitative estimate of drug-likeness (QED) is 0.875. The van der Waals surface area contributed by atoms with Crippen molar-refractivity contribution >= 4 is 28.3 Å². The number of imidazole rings is 1. The number of anilines is 1. The predicted octanol–water partition coefficient (Wildman–Crippen LogP) is 3.12. The van der Waals surface area contributed by atoms with E-state index in [1.807, 2.05) is 12.5 Å². The average molecular weight is 327 g/mol. The molecule has 1 aromatic heterocycles. The molecule has 0 aliphatic heterocycles. The molecule has 0 fully saturated rings. The highest BCUT2D eigenvalue weighted by Crippen LogP contribution is 2.13. The van der Waals surface area contributed by atoms with Crippen LogP contribution < -0.4 is 5.32 Å². The minimum atomic E-state index is 0.813. The molecule has 84 valence electrons. The van der Waals surface area contributed by atoms with Gasteiger partial charge in [0.05, 0.1) is 18.6 Å². The second-order valence-corrected chi connectivity index (χ2v) is 4.78. The van der Waals surface area contributed by atoms with E-state index in [0.29, 0.717) is 0 Å². The van der Waals surface area contributed by atoms with Crippen LogP contribution in [0.2, 0.25) is 0 Å². The van der Waals surface area contributed by atoms with Gasteiger partial charge < -0.3 is 9.88 Å². The Morgan fingerprint density at radius 2 is 2.31 bits per heavy atom. The molecule has 1 aromatic carbocycles. The monoisotopic (exact) mass is 327 g/mol. The van der Waals surface area contributed by atoms with Gasteiger partial charge in [0.25, 0.3) is 0 Å². The van der Waals surface area contributed by atoms with E-state index in [-0.39, 0.29) is 0 Å². The molecule has 2 rings (SSSR count). The van der Waals surface area contributed by atoms with Crippen molar-refractivity contribution in [3.05, 3.63) is 46.1 Å². The number of hydrogen-bond acceptors (Lipinski definition) is 2. The van der Waals surface area contributed by atoms with Crippen LogP contribution in [0.15, 0.2) is 36.8 Å². The molecule has 4 heteroatoms. The first-order chi connectivity index (χ1) is 7.79. The summed E-state index contributed by atoms with van der Waals surface area (Å²) in [6.07, 6.45) is 3.77. The Labute approximate surface area is 109 Å². The predicted molar refractivity (Wildman–Crippen MR) is 74.4 cm³/mol. The molecule has 0 saturated heterocycles. The van der Waals surface area contributed by atoms with E-state index in [1.54, 1.807) is 0 Å². The molecule has 0 aliphatic rings. The third-order valence-electron chi connectivity index (χ3n) is 2.44. The van der Waals surface area contributed by atoms with Crippen molar-refractivity contribution in [2.24, 2.45) is 0 Å². The van der Waals surface area contributed by atoms with Gasteiger partial charge in [-0.2, -0.15) is 0 Å². The van der Waals surface area contributed by atoms with Crippen molar-refractivity contribution < 1.29 is 0 Å². The van der Waals surface area contributed by atoms with E-state index in [0.717, 1.165) is 18.8 Å². The molecule has 0 amide bonds. The van der Waals surface area contributed by atoms with Gasteiger partial charge in [-0.1, -0.05) is 6.07 Å². The first-order valence-corrected chi connectivity index (χ1v) is 6.36. The number of hydrogen-bond donors (Lipinski definition) is 1. The highest BCUT2D eigenvalue weighted by atomic mass is 127. The molecule has 0 spiro atoms. The van der Waals surface area contributed by atoms with Crippen molar-refractivity contribution in [1.82, 2.24) is 9.55 Å². The zero-order valence-corrected chi connectivity index (χ0v) is 11.3. The van der Waals surface area contributed by atoms with Gasteiger partial charge in [0.15, 0.2) is 0 Å². The lowest BCUT2D eigenvalue weighted by Crippen LogP contribution is -2.05. The van der Waals surface area contributed by atoms with Gasteiger partial charge in [0.2, 0.25) is 0 Å². The summed E-state index contributed by atoms with van der Waals surface area (Å²) in [4.78, 5) is 4.14. The van der Waals surface area contributed by atoms with Crippen LogP contribution in [0.25, 0.3) is 0 Å². The third kappa shape index (κ3) is 2.75. The molecular formula is C12H14IN3. The minimum Gasteiger partial charge on any atom is -0.379 e. The molecule has 0 atom stereocenters. The lowest BCUT2D eigenvalue weighted by Gasteiger charge is -2.08. The van der Waals surface area contributed by atoms with Crippen LogP contribution in [-0.4, -0.2) is 9.55 Å². The largest absolute Gasteiger partial charge is 0.379 e. The third-order valence-corrected chi connectivity index (χ3v) is 3.11. The number of nitrogens with zero attached hydrogens (tertiary/aromatic N) is 2. The Morgan fingerprint density at radius 1 is 1.44 bits per heavy atom. The number of aromatic nitrogens is 2. The standard InChI is InChI=1S/C12H14IN3/c1-2-16-9-14-7-12(16)8-15-11-5-3-4-10(13)6-11/h3-7,9,15H,2,8H2,1H3. The molecule has 0 aliphatic carbocycles. The van der Waals surface area contributed by atoms with Crippen molar-refractivity contribution in [1.29, 1.82) is 0 Å². The maximum absolute atomic E-state index is 4.14. The fourth-order valence-corrected chi connectivity index (χ4v) is 2.11. The summed E-state index contributed by atoms with van der Waals surface area (Å²) in [5.74, 6) is 0. The molecule has 0 bridgehead atoms. The zero-order chi connectivity index (χ0) is 11.4. The Morgan fingerprint density at radius 3 is 3.06 bits per heavy atom. The van der Waals surface area contributed by atoms with Crippen LogP contribution in [0, 0.1) is 3.57 Å². The van der Waals surface area contributed by atoms with E-state index >= 15 is 0 Å². The summed E-state index contributed by atoms with van der Waals surface area (Å²) in [7, 11) is 0. The summed E-state index contributed by atoms with van der Waals surface area (Å²) < 4.78 is 3.38. The lowest BCUT2D eigenvalue weighted by atomic mass is 10.3. The lowest BCUT2D eigenvalue weighted by molar-refractivity contribution is 0.719.